The van der Waals surface area contributed by atoms with E-state index in [2.05, 4.69) is 0 Å². The van der Waals surface area contributed by atoms with Crippen LogP contribution < -0.4 is 0 Å². The second-order valence-electron chi connectivity index (χ2n) is 5.84. The van der Waals surface area contributed by atoms with E-state index in [1.165, 1.54) is 0 Å². The third kappa shape index (κ3) is 3.79. The van der Waals surface area contributed by atoms with Crippen LogP contribution in [0.1, 0.15) is 22.3 Å². The number of hydrogen-bond donors (Lipinski definition) is 0. The first kappa shape index (κ1) is 15.7. The molecule has 0 aromatic heterocycles. The van der Waals surface area contributed by atoms with E-state index in [0.29, 0.717) is 18.5 Å². The Kier molecular flexibility index (Phi) is 4.48. The Morgan fingerprint density at radius 3 is 2.17 bits per heavy atom. The molecule has 1 heterocycles. The third-order valence-corrected chi connectivity index (χ3v) is 5.88. The molecule has 2 aromatic carbocycles. The summed E-state index contributed by atoms with van der Waals surface area (Å²) in [7, 11) is -3.04. The van der Waals surface area contributed by atoms with Crippen molar-refractivity contribution < 1.29 is 13.2 Å². The molecule has 0 N–H and O–H groups in total. The molecule has 0 aliphatic carbocycles. The Morgan fingerprint density at radius 1 is 1.00 bits per heavy atom. The summed E-state index contributed by atoms with van der Waals surface area (Å²) in [6.45, 7) is 0.425. The summed E-state index contributed by atoms with van der Waals surface area (Å²) in [6.07, 6.45) is 0.508. The topological polar surface area (TPSA) is 54.5 Å². The first-order valence-electron chi connectivity index (χ1n) is 7.65. The molecule has 0 spiro atoms. The average molecular weight is 329 g/mol. The summed E-state index contributed by atoms with van der Waals surface area (Å²) in [5.74, 6) is 0.0974. The van der Waals surface area contributed by atoms with Gasteiger partial charge < -0.3 is 4.90 Å². The smallest absolute Gasteiger partial charge is 0.254 e. The monoisotopic (exact) mass is 329 g/mol. The zero-order chi connectivity index (χ0) is 16.3. The minimum absolute atomic E-state index is 0.0540. The molecule has 120 valence electrons. The van der Waals surface area contributed by atoms with Gasteiger partial charge >= 0.3 is 0 Å². The molecular formula is C18H19NO3S. The van der Waals surface area contributed by atoms with Crippen molar-refractivity contribution in [3.8, 4) is 0 Å². The lowest BCUT2D eigenvalue weighted by Gasteiger charge is -2.28. The number of amides is 1. The number of sulfone groups is 1. The van der Waals surface area contributed by atoms with Crippen molar-refractivity contribution in [1.82, 2.24) is 4.90 Å². The summed E-state index contributed by atoms with van der Waals surface area (Å²) in [5.41, 5.74) is 1.59. The maximum absolute atomic E-state index is 12.9. The molecule has 1 aliphatic heterocycles. The second-order valence-corrected chi connectivity index (χ2v) is 8.07. The van der Waals surface area contributed by atoms with Crippen molar-refractivity contribution in [2.45, 2.75) is 19.0 Å². The van der Waals surface area contributed by atoms with Gasteiger partial charge in [-0.1, -0.05) is 48.5 Å². The average Bonchev–Trinajstić information content (AvgIpc) is 2.93. The fraction of sp³-hybridized carbons (Fsp3) is 0.278. The van der Waals surface area contributed by atoms with Gasteiger partial charge in [0, 0.05) is 18.2 Å². The Bertz CT molecular complexity index is 772. The maximum atomic E-state index is 12.9. The SMILES string of the molecule is O=C(c1ccccc1)N(Cc1ccccc1)[C@H]1CCS(=O)(=O)C1. The minimum Gasteiger partial charge on any atom is -0.330 e. The Balaban J connectivity index is 1.89. The van der Waals surface area contributed by atoms with E-state index in [1.807, 2.05) is 48.5 Å². The van der Waals surface area contributed by atoms with Crippen molar-refractivity contribution >= 4 is 15.7 Å². The van der Waals surface area contributed by atoms with Gasteiger partial charge in [-0.2, -0.15) is 0 Å². The van der Waals surface area contributed by atoms with Gasteiger partial charge in [-0.3, -0.25) is 4.79 Å². The number of benzene rings is 2. The van der Waals surface area contributed by atoms with Gasteiger partial charge in [0.05, 0.1) is 11.5 Å². The van der Waals surface area contributed by atoms with Crippen LogP contribution in [-0.4, -0.2) is 36.8 Å². The Hall–Kier alpha value is -2.14. The zero-order valence-corrected chi connectivity index (χ0v) is 13.6. The molecule has 1 fully saturated rings. The quantitative estimate of drug-likeness (QED) is 0.866. The highest BCUT2D eigenvalue weighted by molar-refractivity contribution is 7.91. The molecule has 3 rings (SSSR count). The highest BCUT2D eigenvalue weighted by Gasteiger charge is 2.34. The lowest BCUT2D eigenvalue weighted by atomic mass is 10.1. The van der Waals surface area contributed by atoms with Gasteiger partial charge in [-0.25, -0.2) is 8.42 Å². The zero-order valence-electron chi connectivity index (χ0n) is 12.8. The summed E-state index contributed by atoms with van der Waals surface area (Å²) >= 11 is 0. The highest BCUT2D eigenvalue weighted by Crippen LogP contribution is 2.22. The van der Waals surface area contributed by atoms with E-state index < -0.39 is 9.84 Å². The minimum atomic E-state index is -3.04. The standard InChI is InChI=1S/C18H19NO3S/c20-18(16-9-5-2-6-10-16)19(13-15-7-3-1-4-8-15)17-11-12-23(21,22)14-17/h1-10,17H,11-14H2/t17-/m0/s1. The van der Waals surface area contributed by atoms with Gasteiger partial charge in [0.2, 0.25) is 0 Å². The van der Waals surface area contributed by atoms with Crippen molar-refractivity contribution in [3.63, 3.8) is 0 Å². The molecule has 1 amide bonds. The second kappa shape index (κ2) is 6.54. The van der Waals surface area contributed by atoms with Gasteiger partial charge in [0.25, 0.3) is 5.91 Å². The van der Waals surface area contributed by atoms with E-state index in [9.17, 15) is 13.2 Å². The van der Waals surface area contributed by atoms with Crippen molar-refractivity contribution in [1.29, 1.82) is 0 Å². The molecule has 4 nitrogen and oxygen atoms in total. The predicted molar refractivity (Wildman–Crippen MR) is 89.8 cm³/mol. The van der Waals surface area contributed by atoms with E-state index >= 15 is 0 Å². The Labute approximate surface area is 136 Å². The van der Waals surface area contributed by atoms with Crippen LogP contribution in [0, 0.1) is 0 Å². The molecule has 1 saturated heterocycles. The predicted octanol–water partition coefficient (Wildman–Crippen LogP) is 2.52. The van der Waals surface area contributed by atoms with Crippen molar-refractivity contribution in [2.75, 3.05) is 11.5 Å². The molecule has 0 bridgehead atoms. The van der Waals surface area contributed by atoms with Crippen LogP contribution >= 0.6 is 0 Å². The molecule has 5 heteroatoms. The van der Waals surface area contributed by atoms with Crippen LogP contribution in [0.2, 0.25) is 0 Å². The molecule has 0 radical (unpaired) electrons. The molecule has 2 aromatic rings. The molecule has 1 aliphatic rings. The molecule has 23 heavy (non-hydrogen) atoms. The van der Waals surface area contributed by atoms with Crippen LogP contribution in [-0.2, 0) is 16.4 Å². The fourth-order valence-corrected chi connectivity index (χ4v) is 4.65. The van der Waals surface area contributed by atoms with E-state index in [0.717, 1.165) is 5.56 Å². The van der Waals surface area contributed by atoms with Gasteiger partial charge in [0.15, 0.2) is 9.84 Å². The van der Waals surface area contributed by atoms with Crippen molar-refractivity contribution in [2.24, 2.45) is 0 Å². The van der Waals surface area contributed by atoms with Crippen LogP contribution in [0.15, 0.2) is 60.7 Å². The van der Waals surface area contributed by atoms with Gasteiger partial charge in [-0.05, 0) is 24.1 Å². The molecule has 1 atom stereocenters. The first-order valence-corrected chi connectivity index (χ1v) is 9.48. The lowest BCUT2D eigenvalue weighted by molar-refractivity contribution is 0.0681. The molecular weight excluding hydrogens is 310 g/mol. The molecule has 0 saturated carbocycles. The van der Waals surface area contributed by atoms with Crippen LogP contribution in [0.25, 0.3) is 0 Å². The first-order chi connectivity index (χ1) is 11.1. The van der Waals surface area contributed by atoms with E-state index in [-0.39, 0.29) is 23.5 Å². The van der Waals surface area contributed by atoms with Crippen LogP contribution in [0.4, 0.5) is 0 Å². The fourth-order valence-electron chi connectivity index (χ4n) is 2.91. The summed E-state index contributed by atoms with van der Waals surface area (Å²) in [4.78, 5) is 14.6. The van der Waals surface area contributed by atoms with E-state index in [1.54, 1.807) is 17.0 Å². The van der Waals surface area contributed by atoms with E-state index in [4.69, 9.17) is 0 Å². The number of rotatable bonds is 4. The molecule has 0 unspecified atom stereocenters. The highest BCUT2D eigenvalue weighted by atomic mass is 32.2. The van der Waals surface area contributed by atoms with Gasteiger partial charge in [0.1, 0.15) is 0 Å². The normalized spacial score (nSPS) is 19.4. The third-order valence-electron chi connectivity index (χ3n) is 4.13. The number of nitrogens with zero attached hydrogens (tertiary/aromatic N) is 1. The summed E-state index contributed by atoms with van der Waals surface area (Å²) < 4.78 is 23.6. The van der Waals surface area contributed by atoms with Crippen LogP contribution in [0.3, 0.4) is 0 Å². The van der Waals surface area contributed by atoms with Crippen LogP contribution in [0.5, 0.6) is 0 Å². The number of carbonyl (C=O) groups is 1. The van der Waals surface area contributed by atoms with Gasteiger partial charge in [-0.15, -0.1) is 0 Å². The maximum Gasteiger partial charge on any atom is 0.254 e. The summed E-state index contributed by atoms with van der Waals surface area (Å²) in [5, 5.41) is 0. The lowest BCUT2D eigenvalue weighted by Crippen LogP contribution is -2.40. The Morgan fingerprint density at radius 2 is 1.61 bits per heavy atom. The number of hydrogen-bond acceptors (Lipinski definition) is 3. The largest absolute Gasteiger partial charge is 0.330 e. The van der Waals surface area contributed by atoms with Crippen molar-refractivity contribution in [3.05, 3.63) is 71.8 Å². The number of carbonyl (C=O) groups excluding carboxylic acids is 1. The summed E-state index contributed by atoms with van der Waals surface area (Å²) in [6, 6.07) is 18.5.